The topological polar surface area (TPSA) is 387 Å². The van der Waals surface area contributed by atoms with Crippen LogP contribution in [-0.4, -0.2) is 147 Å². The number of aromatic nitrogens is 4. The molecule has 0 aliphatic rings. The van der Waals surface area contributed by atoms with E-state index in [1.54, 1.807) is 142 Å². The Morgan fingerprint density at radius 3 is 1.24 bits per heavy atom. The minimum Gasteiger partial charge on any atom is -0.444 e. The van der Waals surface area contributed by atoms with Crippen LogP contribution in [0.5, 0.6) is 0 Å². The number of nitrogens with two attached hydrogens (primary N) is 2. The van der Waals surface area contributed by atoms with Crippen molar-refractivity contribution in [1.82, 2.24) is 50.0 Å². The van der Waals surface area contributed by atoms with Crippen LogP contribution >= 0.6 is 0 Å². The van der Waals surface area contributed by atoms with Crippen LogP contribution in [0.4, 0.5) is 4.79 Å². The summed E-state index contributed by atoms with van der Waals surface area (Å²) in [5.74, 6) is -6.23. The molecule has 0 aliphatic carbocycles. The van der Waals surface area contributed by atoms with Gasteiger partial charge < -0.3 is 71.4 Å². The first-order valence-electron chi connectivity index (χ1n) is 33.3. The van der Waals surface area contributed by atoms with Crippen LogP contribution in [-0.2, 0) is 40.7 Å². The van der Waals surface area contributed by atoms with Gasteiger partial charge in [0.1, 0.15) is 72.0 Å². The fourth-order valence-corrected chi connectivity index (χ4v) is 10.3. The van der Waals surface area contributed by atoms with Gasteiger partial charge in [-0.1, -0.05) is 133 Å². The molecule has 8 rings (SSSR count). The van der Waals surface area contributed by atoms with E-state index in [1.807, 2.05) is 0 Å². The van der Waals surface area contributed by atoms with Crippen molar-refractivity contribution in [3.63, 3.8) is 0 Å². The summed E-state index contributed by atoms with van der Waals surface area (Å²) in [6.07, 6.45) is -0.748. The molecule has 4 aromatic heterocycles. The van der Waals surface area contributed by atoms with Crippen molar-refractivity contribution in [3.05, 3.63) is 280 Å². The molecule has 8 aromatic rings. The number of carbonyl (C=O) groups excluding carboxylic acids is 8. The van der Waals surface area contributed by atoms with Gasteiger partial charge in [-0.3, -0.25) is 52.7 Å². The SMILES string of the molecule is CC(C)(C)OC(=O)NCCOCCNC(=O)C(CCN(CCCCN(CCCNC(=O)c1ccc(C(N)=O)n(OCc2ccccc2)c1=O)C(=O)c1cccc(=O)n1OCc1ccccc1)C(=O)c1cccc(=O)n1OCc1ccccc1)NC(=O)c1ccc(C(N)=O)n(OCc2ccccc2)c1=O. The van der Waals surface area contributed by atoms with Gasteiger partial charge in [-0.15, -0.1) is 18.9 Å². The molecule has 4 heterocycles. The van der Waals surface area contributed by atoms with Crippen molar-refractivity contribution in [1.29, 1.82) is 0 Å². The monoisotopic (exact) mass is 1430 g/mol. The molecule has 0 aliphatic heterocycles. The molecule has 104 heavy (non-hydrogen) atoms. The number of amides is 8. The Labute approximate surface area is 596 Å². The lowest BCUT2D eigenvalue weighted by molar-refractivity contribution is -0.123. The molecule has 0 spiro atoms. The number of pyridine rings is 4. The summed E-state index contributed by atoms with van der Waals surface area (Å²) in [6.45, 7) is 3.61. The molecule has 1 atom stereocenters. The molecule has 546 valence electrons. The highest BCUT2D eigenvalue weighted by Crippen LogP contribution is 2.14. The van der Waals surface area contributed by atoms with E-state index in [4.69, 9.17) is 40.3 Å². The van der Waals surface area contributed by atoms with Crippen LogP contribution in [0, 0.1) is 0 Å². The fraction of sp³-hybridized carbons (Fsp3) is 0.297. The third kappa shape index (κ3) is 22.7. The Morgan fingerprint density at radius 2 is 0.817 bits per heavy atom. The first kappa shape index (κ1) is 77.1. The number of nitrogens with zero attached hydrogens (tertiary/aromatic N) is 6. The summed E-state index contributed by atoms with van der Waals surface area (Å²) >= 11 is 0. The van der Waals surface area contributed by atoms with Crippen molar-refractivity contribution >= 4 is 47.4 Å². The van der Waals surface area contributed by atoms with Gasteiger partial charge in [0.25, 0.3) is 57.7 Å². The Bertz CT molecular complexity index is 4520. The van der Waals surface area contributed by atoms with Gasteiger partial charge in [-0.05, 0) is 105 Å². The number of nitrogens with one attached hydrogen (secondary N) is 4. The second-order valence-corrected chi connectivity index (χ2v) is 24.4. The quantitative estimate of drug-likeness (QED) is 0.0303. The summed E-state index contributed by atoms with van der Waals surface area (Å²) in [5.41, 5.74) is 7.59. The van der Waals surface area contributed by atoms with E-state index in [0.29, 0.717) is 31.7 Å². The Morgan fingerprint density at radius 1 is 0.423 bits per heavy atom. The molecule has 30 heteroatoms. The number of unbranched alkanes of at least 4 members (excludes halogenated alkanes) is 1. The van der Waals surface area contributed by atoms with E-state index in [9.17, 15) is 52.7 Å². The highest BCUT2D eigenvalue weighted by molar-refractivity contribution is 5.99. The van der Waals surface area contributed by atoms with Crippen molar-refractivity contribution in [2.45, 2.75) is 84.5 Å². The number of hydrogen-bond acceptors (Lipinski definition) is 18. The third-order valence-corrected chi connectivity index (χ3v) is 15.5. The van der Waals surface area contributed by atoms with Gasteiger partial charge in [0, 0.05) is 57.9 Å². The molecule has 0 saturated carbocycles. The second-order valence-electron chi connectivity index (χ2n) is 24.4. The molecule has 0 saturated heterocycles. The lowest BCUT2D eigenvalue weighted by atomic mass is 10.1. The zero-order chi connectivity index (χ0) is 74.5. The van der Waals surface area contributed by atoms with E-state index >= 15 is 4.79 Å². The van der Waals surface area contributed by atoms with Crippen LogP contribution < -0.4 is 74.3 Å². The van der Waals surface area contributed by atoms with E-state index in [-0.39, 0.29) is 134 Å². The molecule has 0 bridgehead atoms. The predicted octanol–water partition coefficient (Wildman–Crippen LogP) is 3.08. The van der Waals surface area contributed by atoms with E-state index < -0.39 is 92.6 Å². The molecule has 0 fully saturated rings. The van der Waals surface area contributed by atoms with Crippen LogP contribution in [0.1, 0.15) is 131 Å². The van der Waals surface area contributed by atoms with Gasteiger partial charge in [-0.25, -0.2) is 4.79 Å². The fourth-order valence-electron chi connectivity index (χ4n) is 10.3. The highest BCUT2D eigenvalue weighted by atomic mass is 16.7. The maximum atomic E-state index is 15.2. The smallest absolute Gasteiger partial charge is 0.407 e. The van der Waals surface area contributed by atoms with E-state index in [2.05, 4.69) is 21.3 Å². The van der Waals surface area contributed by atoms with Gasteiger partial charge in [0.15, 0.2) is 0 Å². The maximum absolute atomic E-state index is 15.2. The molecule has 8 N–H and O–H groups in total. The Balaban J connectivity index is 1.06. The van der Waals surface area contributed by atoms with Crippen LogP contribution in [0.15, 0.2) is 201 Å². The lowest BCUT2D eigenvalue weighted by Gasteiger charge is -2.28. The van der Waals surface area contributed by atoms with E-state index in [1.165, 1.54) is 52.3 Å². The van der Waals surface area contributed by atoms with Crippen molar-refractivity contribution in [2.24, 2.45) is 11.5 Å². The van der Waals surface area contributed by atoms with E-state index in [0.717, 1.165) is 27.7 Å². The molecule has 0 radical (unpaired) electrons. The summed E-state index contributed by atoms with van der Waals surface area (Å²) in [7, 11) is 0. The van der Waals surface area contributed by atoms with Crippen molar-refractivity contribution in [2.75, 3.05) is 59.0 Å². The van der Waals surface area contributed by atoms with Crippen molar-refractivity contribution < 1.29 is 67.2 Å². The first-order valence-corrected chi connectivity index (χ1v) is 33.3. The zero-order valence-corrected chi connectivity index (χ0v) is 57.6. The van der Waals surface area contributed by atoms with Crippen LogP contribution in [0.3, 0.4) is 0 Å². The maximum Gasteiger partial charge on any atom is 0.407 e. The lowest BCUT2D eigenvalue weighted by Crippen LogP contribution is -2.50. The average Bonchev–Trinajstić information content (AvgIpc) is 0.812. The largest absolute Gasteiger partial charge is 0.444 e. The number of benzene rings is 4. The van der Waals surface area contributed by atoms with Crippen LogP contribution in [0.25, 0.3) is 0 Å². The second kappa shape index (κ2) is 38.3. The molecule has 1 unspecified atom stereocenters. The summed E-state index contributed by atoms with van der Waals surface area (Å²) in [5, 5.41) is 10.6. The number of primary amides is 2. The third-order valence-electron chi connectivity index (χ3n) is 15.5. The van der Waals surface area contributed by atoms with Crippen molar-refractivity contribution in [3.8, 4) is 0 Å². The normalized spacial score (nSPS) is 11.3. The van der Waals surface area contributed by atoms with Crippen LogP contribution in [0.2, 0.25) is 0 Å². The standard InChI is InChI=1S/C74H82N12O18/c1-74(2,3)104-73(98)79-40-46-99-45-39-78-68(93)57(80-67(92)56-34-36-59(65(76)90)86(70(56)95)103-50-54-27-14-7-15-28-54)37-44-82(72(97)61-30-19-32-63(88)84(61)101-48-52-23-10-5-11-24-52)42-17-16-41-81(71(96)60-29-18-31-62(87)83(60)100-47-51-21-8-4-9-22-51)43-20-38-77-66(91)55-33-35-58(64(75)89)85(69(55)94)102-49-53-25-12-6-13-26-53/h4-15,18-19,21-36,57H,16-17,20,37-50H2,1-3H3,(H2,75,89)(H2,76,90)(H,77,91)(H,78,93)(H,79,98)(H,80,92). The molecule has 4 aromatic carbocycles. The number of hydrogen-bond donors (Lipinski definition) is 6. The predicted molar refractivity (Wildman–Crippen MR) is 379 cm³/mol. The molecular formula is C74H82N12O18. The summed E-state index contributed by atoms with van der Waals surface area (Å²) in [6, 6.07) is 45.9. The van der Waals surface area contributed by atoms with Gasteiger partial charge >= 0.3 is 6.09 Å². The summed E-state index contributed by atoms with van der Waals surface area (Å²) < 4.78 is 13.9. The molecule has 8 amide bonds. The number of ether oxygens (including phenoxy) is 2. The summed E-state index contributed by atoms with van der Waals surface area (Å²) in [4.78, 5) is 191. The Kier molecular flexibility index (Phi) is 28.4. The Hall–Kier alpha value is -12.6. The number of alkyl carbamates (subject to hydrolysis) is 1. The highest BCUT2D eigenvalue weighted by Gasteiger charge is 2.30. The minimum atomic E-state index is -1.54. The zero-order valence-electron chi connectivity index (χ0n) is 57.6. The van der Waals surface area contributed by atoms with Gasteiger partial charge in [0.2, 0.25) is 5.91 Å². The number of rotatable bonds is 38. The molecule has 30 nitrogen and oxygen atoms in total. The number of carbonyl (C=O) groups is 8. The van der Waals surface area contributed by atoms with Gasteiger partial charge in [0.05, 0.1) is 13.2 Å². The minimum absolute atomic E-state index is 0.0147. The first-order chi connectivity index (χ1) is 50.1. The van der Waals surface area contributed by atoms with Gasteiger partial charge in [-0.2, -0.15) is 0 Å². The average molecular weight is 1430 g/mol. The molecular weight excluding hydrogens is 1340 g/mol.